The third-order valence-corrected chi connectivity index (χ3v) is 11.1. The number of alkyl halides is 2. The lowest BCUT2D eigenvalue weighted by atomic mass is 10.1. The van der Waals surface area contributed by atoms with Crippen LogP contribution in [0, 0.1) is 0 Å². The fourth-order valence-corrected chi connectivity index (χ4v) is 7.02. The molecule has 1 rings (SSSR count). The molecule has 166 valence electrons. The van der Waals surface area contributed by atoms with Crippen molar-refractivity contribution in [3.05, 3.63) is 29.8 Å². The van der Waals surface area contributed by atoms with Crippen LogP contribution < -0.4 is 4.74 Å². The van der Waals surface area contributed by atoms with E-state index in [1.54, 1.807) is 7.11 Å². The third-order valence-electron chi connectivity index (χ3n) is 5.53. The lowest BCUT2D eigenvalue weighted by Gasteiger charge is -2.35. The van der Waals surface area contributed by atoms with Gasteiger partial charge in [-0.1, -0.05) is 32.9 Å². The highest BCUT2D eigenvalue weighted by molar-refractivity contribution is 6.73. The van der Waals surface area contributed by atoms with Crippen LogP contribution in [0.4, 0.5) is 0 Å². The predicted octanol–water partition coefficient (Wildman–Crippen LogP) is 6.19. The monoisotopic (exact) mass is 462 g/mol. The molecule has 0 spiro atoms. The number of rotatable bonds is 16. The van der Waals surface area contributed by atoms with Crippen LogP contribution >= 0.6 is 23.2 Å². The van der Waals surface area contributed by atoms with Crippen molar-refractivity contribution in [1.29, 1.82) is 0 Å². The molecule has 0 saturated carbocycles. The highest BCUT2D eigenvalue weighted by atomic mass is 35.5. The summed E-state index contributed by atoms with van der Waals surface area (Å²) in [6.07, 6.45) is 2.36. The van der Waals surface area contributed by atoms with Gasteiger partial charge in [0.05, 0.1) is 31.8 Å². The number of aldehydes is 1. The molecule has 1 aromatic rings. The molecule has 0 fully saturated rings. The van der Waals surface area contributed by atoms with E-state index in [-0.39, 0.29) is 16.9 Å². The van der Waals surface area contributed by atoms with E-state index >= 15 is 0 Å². The Morgan fingerprint density at radius 2 is 1.69 bits per heavy atom. The molecule has 7 heteroatoms. The third kappa shape index (κ3) is 9.39. The highest BCUT2D eigenvalue weighted by Crippen LogP contribution is 2.28. The van der Waals surface area contributed by atoms with Crippen LogP contribution in [0.2, 0.25) is 18.1 Å². The average Bonchev–Trinajstić information content (AvgIpc) is 2.75. The average molecular weight is 464 g/mol. The van der Waals surface area contributed by atoms with Crippen molar-refractivity contribution >= 4 is 37.8 Å². The number of carbonyl (C=O) groups is 1. The molecule has 0 heterocycles. The summed E-state index contributed by atoms with van der Waals surface area (Å²) in [5.74, 6) is 0.823. The Kier molecular flexibility index (Phi) is 13.1. The molecule has 0 N–H and O–H groups in total. The van der Waals surface area contributed by atoms with Gasteiger partial charge in [0.1, 0.15) is 12.0 Å². The Bertz CT molecular complexity index is 558. The standard InChI is InChI=1S/C22H36Cl2O4Si/c1-5-29(6-2,7-3)28-22(21(24)15-19(23)9-8-14-25)17-27-16-18-10-12-20(26-4)13-11-18/h10-14,19,21-22H,5-9,15-17H2,1-4H3/t19-,21+,22+/m0/s1. The molecular formula is C22H36Cl2O4Si. The van der Waals surface area contributed by atoms with Crippen molar-refractivity contribution in [1.82, 2.24) is 0 Å². The zero-order valence-electron chi connectivity index (χ0n) is 18.2. The molecule has 4 nitrogen and oxygen atoms in total. The van der Waals surface area contributed by atoms with Gasteiger partial charge in [-0.15, -0.1) is 23.2 Å². The SMILES string of the molecule is CC[Si](CC)(CC)O[C@H](COCc1ccc(OC)cc1)[C@H](Cl)C[C@@H](Cl)CCC=O. The van der Waals surface area contributed by atoms with Gasteiger partial charge in [0.15, 0.2) is 8.32 Å². The quantitative estimate of drug-likeness (QED) is 0.167. The van der Waals surface area contributed by atoms with Gasteiger partial charge in [-0.05, 0) is 48.7 Å². The Hall–Kier alpha value is -0.593. The first-order chi connectivity index (χ1) is 13.9. The molecular weight excluding hydrogens is 427 g/mol. The lowest BCUT2D eigenvalue weighted by molar-refractivity contribution is -0.107. The molecule has 0 saturated heterocycles. The number of halogens is 2. The molecule has 1 aromatic carbocycles. The van der Waals surface area contributed by atoms with E-state index in [1.807, 2.05) is 24.3 Å². The Morgan fingerprint density at radius 1 is 1.07 bits per heavy atom. The van der Waals surface area contributed by atoms with E-state index in [2.05, 4.69) is 20.8 Å². The molecule has 0 amide bonds. The molecule has 0 aromatic heterocycles. The minimum absolute atomic E-state index is 0.142. The molecule has 29 heavy (non-hydrogen) atoms. The zero-order chi connectivity index (χ0) is 21.7. The summed E-state index contributed by atoms with van der Waals surface area (Å²) in [4.78, 5) is 10.6. The summed E-state index contributed by atoms with van der Waals surface area (Å²) in [6, 6.07) is 11.0. The van der Waals surface area contributed by atoms with Crippen LogP contribution in [-0.2, 0) is 20.6 Å². The van der Waals surface area contributed by atoms with Crippen LogP contribution in [0.1, 0.15) is 45.6 Å². The first-order valence-corrected chi connectivity index (χ1v) is 13.9. The van der Waals surface area contributed by atoms with Crippen molar-refractivity contribution in [2.24, 2.45) is 0 Å². The maximum absolute atomic E-state index is 10.6. The largest absolute Gasteiger partial charge is 0.497 e. The highest BCUT2D eigenvalue weighted by Gasteiger charge is 2.35. The molecule has 0 radical (unpaired) electrons. The second-order valence-electron chi connectivity index (χ2n) is 7.36. The van der Waals surface area contributed by atoms with E-state index in [0.717, 1.165) is 35.7 Å². The summed E-state index contributed by atoms with van der Waals surface area (Å²) in [5.41, 5.74) is 1.07. The number of hydrogen-bond donors (Lipinski definition) is 0. The van der Waals surface area contributed by atoms with Gasteiger partial charge in [0.25, 0.3) is 0 Å². The summed E-state index contributed by atoms with van der Waals surface area (Å²) in [5, 5.41) is -0.395. The fourth-order valence-electron chi connectivity index (χ4n) is 3.31. The van der Waals surface area contributed by atoms with E-state index in [1.165, 1.54) is 0 Å². The van der Waals surface area contributed by atoms with Gasteiger partial charge in [-0.25, -0.2) is 0 Å². The molecule has 0 aliphatic rings. The van der Waals surface area contributed by atoms with Crippen LogP contribution in [-0.4, -0.2) is 45.2 Å². The summed E-state index contributed by atoms with van der Waals surface area (Å²) < 4.78 is 17.8. The van der Waals surface area contributed by atoms with Crippen molar-refractivity contribution < 1.29 is 18.7 Å². The van der Waals surface area contributed by atoms with Crippen molar-refractivity contribution in [3.8, 4) is 5.75 Å². The normalized spacial score (nSPS) is 15.0. The van der Waals surface area contributed by atoms with E-state index < -0.39 is 8.32 Å². The number of carbonyl (C=O) groups excluding carboxylic acids is 1. The second-order valence-corrected chi connectivity index (χ2v) is 13.3. The maximum Gasteiger partial charge on any atom is 0.192 e. The first kappa shape index (κ1) is 26.4. The second kappa shape index (κ2) is 14.4. The van der Waals surface area contributed by atoms with Gasteiger partial charge >= 0.3 is 0 Å². The van der Waals surface area contributed by atoms with Crippen LogP contribution in [0.25, 0.3) is 0 Å². The molecule has 0 bridgehead atoms. The predicted molar refractivity (Wildman–Crippen MR) is 124 cm³/mol. The van der Waals surface area contributed by atoms with Gasteiger partial charge in [-0.2, -0.15) is 0 Å². The number of benzene rings is 1. The topological polar surface area (TPSA) is 44.8 Å². The Labute approximate surface area is 187 Å². The first-order valence-electron chi connectivity index (χ1n) is 10.5. The fraction of sp³-hybridized carbons (Fsp3) is 0.682. The van der Waals surface area contributed by atoms with Gasteiger partial charge in [0, 0.05) is 11.8 Å². The Morgan fingerprint density at radius 3 is 2.21 bits per heavy atom. The van der Waals surface area contributed by atoms with Crippen LogP contribution in [0.3, 0.4) is 0 Å². The maximum atomic E-state index is 10.6. The Balaban J connectivity index is 2.75. The van der Waals surface area contributed by atoms with Gasteiger partial charge < -0.3 is 18.7 Å². The minimum atomic E-state index is -1.84. The van der Waals surface area contributed by atoms with Crippen LogP contribution in [0.5, 0.6) is 5.75 Å². The van der Waals surface area contributed by atoms with Crippen LogP contribution in [0.15, 0.2) is 24.3 Å². The minimum Gasteiger partial charge on any atom is -0.497 e. The summed E-state index contributed by atoms with van der Waals surface area (Å²) >= 11 is 13.1. The lowest BCUT2D eigenvalue weighted by Crippen LogP contribution is -2.45. The smallest absolute Gasteiger partial charge is 0.192 e. The number of methoxy groups -OCH3 is 1. The zero-order valence-corrected chi connectivity index (χ0v) is 20.7. The van der Waals surface area contributed by atoms with Gasteiger partial charge in [-0.3, -0.25) is 0 Å². The van der Waals surface area contributed by atoms with Crippen molar-refractivity contribution in [2.45, 2.75) is 81.6 Å². The van der Waals surface area contributed by atoms with Gasteiger partial charge in [0.2, 0.25) is 0 Å². The number of hydrogen-bond acceptors (Lipinski definition) is 4. The summed E-state index contributed by atoms with van der Waals surface area (Å²) in [7, 11) is -0.190. The molecule has 3 atom stereocenters. The molecule has 0 unspecified atom stereocenters. The van der Waals surface area contributed by atoms with Crippen molar-refractivity contribution in [3.63, 3.8) is 0 Å². The van der Waals surface area contributed by atoms with E-state index in [9.17, 15) is 4.79 Å². The van der Waals surface area contributed by atoms with Crippen molar-refractivity contribution in [2.75, 3.05) is 13.7 Å². The number of ether oxygens (including phenoxy) is 2. The van der Waals surface area contributed by atoms with E-state index in [0.29, 0.717) is 32.5 Å². The molecule has 0 aliphatic heterocycles. The van der Waals surface area contributed by atoms with E-state index in [4.69, 9.17) is 37.1 Å². The summed E-state index contributed by atoms with van der Waals surface area (Å²) in [6.45, 7) is 7.51. The molecule has 0 aliphatic carbocycles.